The first kappa shape index (κ1) is 17.9. The number of ether oxygens (including phenoxy) is 3. The zero-order valence-corrected chi connectivity index (χ0v) is 15.3. The third-order valence-corrected chi connectivity index (χ3v) is 4.15. The molecule has 6 heteroatoms. The molecule has 3 rings (SSSR count). The molecule has 0 bridgehead atoms. The highest BCUT2D eigenvalue weighted by Crippen LogP contribution is 2.32. The van der Waals surface area contributed by atoms with Gasteiger partial charge >= 0.3 is 0 Å². The average Bonchev–Trinajstić information content (AvgIpc) is 3.14. The van der Waals surface area contributed by atoms with Gasteiger partial charge in [-0.05, 0) is 36.2 Å². The minimum atomic E-state index is 0.305. The van der Waals surface area contributed by atoms with Gasteiger partial charge < -0.3 is 24.4 Å². The lowest BCUT2D eigenvalue weighted by Crippen LogP contribution is -2.41. The molecule has 1 aliphatic rings. The van der Waals surface area contributed by atoms with Gasteiger partial charge in [-0.3, -0.25) is 4.99 Å². The number of para-hydroxylation sites is 1. The molecule has 1 N–H and O–H groups in total. The Hall–Kier alpha value is -2.89. The highest BCUT2D eigenvalue weighted by Gasteiger charge is 2.13. The van der Waals surface area contributed by atoms with E-state index in [-0.39, 0.29) is 0 Å². The molecule has 1 aliphatic heterocycles. The van der Waals surface area contributed by atoms with E-state index in [1.165, 1.54) is 5.56 Å². The first-order valence-corrected chi connectivity index (χ1v) is 8.74. The third kappa shape index (κ3) is 4.81. The number of nitrogens with zero attached hydrogens (tertiary/aromatic N) is 2. The van der Waals surface area contributed by atoms with Crippen LogP contribution in [0, 0.1) is 0 Å². The van der Waals surface area contributed by atoms with Crippen molar-refractivity contribution in [1.82, 2.24) is 10.2 Å². The third-order valence-electron chi connectivity index (χ3n) is 4.15. The minimum absolute atomic E-state index is 0.305. The van der Waals surface area contributed by atoms with Gasteiger partial charge in [0.25, 0.3) is 0 Å². The van der Waals surface area contributed by atoms with Gasteiger partial charge in [0, 0.05) is 20.6 Å². The van der Waals surface area contributed by atoms with E-state index in [2.05, 4.69) is 21.3 Å². The van der Waals surface area contributed by atoms with E-state index < -0.39 is 0 Å². The van der Waals surface area contributed by atoms with Crippen LogP contribution in [0.1, 0.15) is 5.56 Å². The molecule has 0 spiro atoms. The van der Waals surface area contributed by atoms with Gasteiger partial charge in [0.15, 0.2) is 17.5 Å². The first-order valence-electron chi connectivity index (χ1n) is 8.74. The van der Waals surface area contributed by atoms with Crippen LogP contribution in [0.3, 0.4) is 0 Å². The Labute approximate surface area is 154 Å². The van der Waals surface area contributed by atoms with Gasteiger partial charge in [0.05, 0.1) is 6.54 Å². The maximum atomic E-state index is 5.74. The lowest BCUT2D eigenvalue weighted by molar-refractivity contribution is 0.174. The number of aliphatic imine (C=N–C) groups is 1. The normalized spacial score (nSPS) is 12.8. The van der Waals surface area contributed by atoms with Gasteiger partial charge in [-0.2, -0.15) is 0 Å². The zero-order valence-electron chi connectivity index (χ0n) is 15.3. The van der Waals surface area contributed by atoms with Crippen LogP contribution in [0.4, 0.5) is 0 Å². The summed E-state index contributed by atoms with van der Waals surface area (Å²) in [6.07, 6.45) is 0.879. The zero-order chi connectivity index (χ0) is 18.2. The molecule has 138 valence electrons. The first-order chi connectivity index (χ1) is 12.8. The maximum Gasteiger partial charge on any atom is 0.231 e. The number of hydrogen-bond acceptors (Lipinski definition) is 4. The Morgan fingerprint density at radius 1 is 1.15 bits per heavy atom. The molecular weight excluding hydrogens is 330 g/mol. The Kier molecular flexibility index (Phi) is 6.19. The number of benzene rings is 2. The van der Waals surface area contributed by atoms with E-state index in [0.717, 1.165) is 42.7 Å². The molecule has 26 heavy (non-hydrogen) atoms. The van der Waals surface area contributed by atoms with Crippen LogP contribution < -0.4 is 19.5 Å². The average molecular weight is 355 g/mol. The lowest BCUT2D eigenvalue weighted by atomic mass is 10.1. The number of fused-ring (bicyclic) bond motifs is 1. The molecule has 0 radical (unpaired) electrons. The molecule has 0 unspecified atom stereocenters. The number of rotatable bonds is 7. The van der Waals surface area contributed by atoms with Crippen molar-refractivity contribution in [3.05, 3.63) is 54.1 Å². The van der Waals surface area contributed by atoms with E-state index in [1.54, 1.807) is 7.05 Å². The molecule has 0 aromatic heterocycles. The monoisotopic (exact) mass is 355 g/mol. The molecule has 0 saturated heterocycles. The van der Waals surface area contributed by atoms with Crippen LogP contribution in [0.2, 0.25) is 0 Å². The molecule has 0 aliphatic carbocycles. The molecule has 1 heterocycles. The largest absolute Gasteiger partial charge is 0.492 e. The van der Waals surface area contributed by atoms with Crippen LogP contribution in [0.25, 0.3) is 0 Å². The number of guanidine groups is 1. The lowest BCUT2D eigenvalue weighted by Gasteiger charge is -2.22. The van der Waals surface area contributed by atoms with Crippen molar-refractivity contribution in [1.29, 1.82) is 0 Å². The van der Waals surface area contributed by atoms with Crippen molar-refractivity contribution < 1.29 is 14.2 Å². The SMILES string of the molecule is CN=C(NCCc1ccc2c(c1)OCO2)N(C)CCOc1ccccc1. The van der Waals surface area contributed by atoms with Crippen molar-refractivity contribution in [3.8, 4) is 17.2 Å². The smallest absolute Gasteiger partial charge is 0.231 e. The van der Waals surface area contributed by atoms with Gasteiger partial charge in [0.2, 0.25) is 6.79 Å². The van der Waals surface area contributed by atoms with Gasteiger partial charge in [-0.1, -0.05) is 24.3 Å². The predicted octanol–water partition coefficient (Wildman–Crippen LogP) is 2.54. The number of hydrogen-bond donors (Lipinski definition) is 1. The second-order valence-electron chi connectivity index (χ2n) is 5.99. The van der Waals surface area contributed by atoms with Crippen LogP contribution in [0.5, 0.6) is 17.2 Å². The summed E-state index contributed by atoms with van der Waals surface area (Å²) in [5, 5.41) is 3.38. The van der Waals surface area contributed by atoms with Gasteiger partial charge in [-0.25, -0.2) is 0 Å². The fourth-order valence-electron chi connectivity index (χ4n) is 2.72. The second-order valence-corrected chi connectivity index (χ2v) is 5.99. The van der Waals surface area contributed by atoms with Crippen LogP contribution in [-0.2, 0) is 6.42 Å². The van der Waals surface area contributed by atoms with Crippen molar-refractivity contribution in [3.63, 3.8) is 0 Å². The summed E-state index contributed by atoms with van der Waals surface area (Å²) in [5.41, 5.74) is 1.20. The van der Waals surface area contributed by atoms with Gasteiger partial charge in [0.1, 0.15) is 12.4 Å². The fourth-order valence-corrected chi connectivity index (χ4v) is 2.72. The van der Waals surface area contributed by atoms with E-state index in [0.29, 0.717) is 13.4 Å². The summed E-state index contributed by atoms with van der Waals surface area (Å²) < 4.78 is 16.5. The summed E-state index contributed by atoms with van der Waals surface area (Å²) in [6.45, 7) is 2.44. The number of likely N-dealkylation sites (N-methyl/N-ethyl adjacent to an activating group) is 1. The summed E-state index contributed by atoms with van der Waals surface area (Å²) in [7, 11) is 3.79. The Balaban J connectivity index is 1.41. The van der Waals surface area contributed by atoms with Crippen LogP contribution in [0.15, 0.2) is 53.5 Å². The van der Waals surface area contributed by atoms with Crippen molar-refractivity contribution in [2.24, 2.45) is 4.99 Å². The van der Waals surface area contributed by atoms with E-state index in [1.807, 2.05) is 49.5 Å². The molecule has 2 aromatic rings. The molecule has 0 fully saturated rings. The highest BCUT2D eigenvalue weighted by atomic mass is 16.7. The number of nitrogens with one attached hydrogen (secondary N) is 1. The Bertz CT molecular complexity index is 734. The van der Waals surface area contributed by atoms with E-state index >= 15 is 0 Å². The molecule has 2 aromatic carbocycles. The highest BCUT2D eigenvalue weighted by molar-refractivity contribution is 5.79. The standard InChI is InChI=1S/C20H25N3O3/c1-21-20(23(2)12-13-24-17-6-4-3-5-7-17)22-11-10-16-8-9-18-19(14-16)26-15-25-18/h3-9,14H,10-13,15H2,1-2H3,(H,21,22). The summed E-state index contributed by atoms with van der Waals surface area (Å²) >= 11 is 0. The molecule has 0 amide bonds. The second kappa shape index (κ2) is 8.99. The summed E-state index contributed by atoms with van der Waals surface area (Å²) in [6, 6.07) is 15.9. The van der Waals surface area contributed by atoms with E-state index in [9.17, 15) is 0 Å². The maximum absolute atomic E-state index is 5.74. The molecule has 0 saturated carbocycles. The summed E-state index contributed by atoms with van der Waals surface area (Å²) in [4.78, 5) is 6.39. The predicted molar refractivity (Wildman–Crippen MR) is 102 cm³/mol. The Morgan fingerprint density at radius 3 is 2.77 bits per heavy atom. The molecule has 0 atom stereocenters. The summed E-state index contributed by atoms with van der Waals surface area (Å²) in [5.74, 6) is 3.37. The minimum Gasteiger partial charge on any atom is -0.492 e. The van der Waals surface area contributed by atoms with Crippen molar-refractivity contribution in [2.75, 3.05) is 40.6 Å². The molecular formula is C20H25N3O3. The van der Waals surface area contributed by atoms with Crippen molar-refractivity contribution in [2.45, 2.75) is 6.42 Å². The quantitative estimate of drug-likeness (QED) is 0.611. The van der Waals surface area contributed by atoms with Gasteiger partial charge in [-0.15, -0.1) is 0 Å². The van der Waals surface area contributed by atoms with E-state index in [4.69, 9.17) is 14.2 Å². The Morgan fingerprint density at radius 2 is 1.96 bits per heavy atom. The topological polar surface area (TPSA) is 55.3 Å². The van der Waals surface area contributed by atoms with Crippen LogP contribution in [-0.4, -0.2) is 51.4 Å². The molecule has 6 nitrogen and oxygen atoms in total. The van der Waals surface area contributed by atoms with Crippen LogP contribution >= 0.6 is 0 Å². The fraction of sp³-hybridized carbons (Fsp3) is 0.350. The van der Waals surface area contributed by atoms with Crippen molar-refractivity contribution >= 4 is 5.96 Å².